The smallest absolute Gasteiger partial charge is 0.224 e. The van der Waals surface area contributed by atoms with Gasteiger partial charge in [-0.25, -0.2) is 0 Å². The van der Waals surface area contributed by atoms with E-state index >= 15 is 0 Å². The largest absolute Gasteiger partial charge is 0.349 e. The fraction of sp³-hybridized carbons (Fsp3) is 0.909. The maximum atomic E-state index is 11.4. The molecule has 0 saturated carbocycles. The molecule has 0 rings (SSSR count). The maximum Gasteiger partial charge on any atom is 0.224 e. The third-order valence-electron chi connectivity index (χ3n) is 2.28. The third-order valence-corrected chi connectivity index (χ3v) is 2.28. The first-order valence-electron chi connectivity index (χ1n) is 5.16. The van der Waals surface area contributed by atoms with Crippen LogP contribution in [-0.4, -0.2) is 24.9 Å². The number of hydrogen-bond acceptors (Lipinski definition) is 1. The van der Waals surface area contributed by atoms with Crippen molar-refractivity contribution in [1.29, 1.82) is 0 Å². The van der Waals surface area contributed by atoms with E-state index in [1.165, 1.54) is 12.8 Å². The zero-order valence-corrected chi connectivity index (χ0v) is 9.63. The zero-order chi connectivity index (χ0) is 10.4. The molecule has 0 aromatic rings. The molecule has 0 N–H and O–H groups in total. The second-order valence-electron chi connectivity index (χ2n) is 4.46. The molecular formula is C11H23NO. The highest BCUT2D eigenvalue weighted by atomic mass is 16.2. The quantitative estimate of drug-likeness (QED) is 0.644. The number of hydrogen-bond donors (Lipinski definition) is 0. The summed E-state index contributed by atoms with van der Waals surface area (Å²) >= 11 is 0. The molecule has 0 spiro atoms. The van der Waals surface area contributed by atoms with Gasteiger partial charge < -0.3 is 4.90 Å². The van der Waals surface area contributed by atoms with Gasteiger partial charge in [0.2, 0.25) is 5.91 Å². The Kier molecular flexibility index (Phi) is 5.76. The Morgan fingerprint density at radius 3 is 2.08 bits per heavy atom. The Labute approximate surface area is 82.3 Å². The predicted octanol–water partition coefficient (Wildman–Crippen LogP) is 2.54. The van der Waals surface area contributed by atoms with E-state index in [-0.39, 0.29) is 11.8 Å². The zero-order valence-electron chi connectivity index (χ0n) is 9.63. The molecule has 2 heteroatoms. The van der Waals surface area contributed by atoms with Crippen molar-refractivity contribution in [2.24, 2.45) is 11.8 Å². The van der Waals surface area contributed by atoms with Crippen molar-refractivity contribution in [3.8, 4) is 0 Å². The van der Waals surface area contributed by atoms with Gasteiger partial charge in [-0.05, 0) is 12.3 Å². The Morgan fingerprint density at radius 2 is 1.69 bits per heavy atom. The van der Waals surface area contributed by atoms with Crippen LogP contribution in [0.2, 0.25) is 0 Å². The molecule has 0 aliphatic heterocycles. The lowest BCUT2D eigenvalue weighted by Gasteiger charge is -2.16. The molecule has 0 aromatic heterocycles. The van der Waals surface area contributed by atoms with Gasteiger partial charge in [-0.2, -0.15) is 0 Å². The first kappa shape index (κ1) is 12.5. The summed E-state index contributed by atoms with van der Waals surface area (Å²) in [7, 11) is 3.64. The van der Waals surface area contributed by atoms with Crippen molar-refractivity contribution < 1.29 is 4.79 Å². The van der Waals surface area contributed by atoms with Crippen LogP contribution < -0.4 is 0 Å². The van der Waals surface area contributed by atoms with Crippen LogP contribution >= 0.6 is 0 Å². The fourth-order valence-corrected chi connectivity index (χ4v) is 1.40. The summed E-state index contributed by atoms with van der Waals surface area (Å²) in [4.78, 5) is 13.1. The van der Waals surface area contributed by atoms with Crippen molar-refractivity contribution in [2.45, 2.75) is 40.0 Å². The molecule has 0 bridgehead atoms. The van der Waals surface area contributed by atoms with Crippen molar-refractivity contribution >= 4 is 5.91 Å². The van der Waals surface area contributed by atoms with Crippen LogP contribution in [0.5, 0.6) is 0 Å². The third kappa shape index (κ3) is 5.67. The topological polar surface area (TPSA) is 20.3 Å². The number of nitrogens with zero attached hydrogens (tertiary/aromatic N) is 1. The summed E-state index contributed by atoms with van der Waals surface area (Å²) in [5, 5.41) is 0. The summed E-state index contributed by atoms with van der Waals surface area (Å²) in [5.74, 6) is 1.19. The van der Waals surface area contributed by atoms with E-state index in [2.05, 4.69) is 13.8 Å². The molecule has 78 valence electrons. The molecule has 0 heterocycles. The summed E-state index contributed by atoms with van der Waals surface area (Å²) in [5.41, 5.74) is 0. The molecule has 13 heavy (non-hydrogen) atoms. The van der Waals surface area contributed by atoms with Gasteiger partial charge in [0.25, 0.3) is 0 Å². The first-order valence-corrected chi connectivity index (χ1v) is 5.16. The van der Waals surface area contributed by atoms with E-state index in [1.54, 1.807) is 4.90 Å². The highest BCUT2D eigenvalue weighted by Crippen LogP contribution is 2.13. The molecule has 0 radical (unpaired) electrons. The Bertz CT molecular complexity index is 152. The molecule has 0 unspecified atom stereocenters. The lowest BCUT2D eigenvalue weighted by molar-refractivity contribution is -0.132. The lowest BCUT2D eigenvalue weighted by atomic mass is 9.99. The monoisotopic (exact) mass is 185 g/mol. The summed E-state index contributed by atoms with van der Waals surface area (Å²) in [6.45, 7) is 6.46. The first-order chi connectivity index (χ1) is 5.95. The van der Waals surface area contributed by atoms with Crippen LogP contribution in [0.1, 0.15) is 40.0 Å². The van der Waals surface area contributed by atoms with Gasteiger partial charge in [0.15, 0.2) is 0 Å². The SMILES string of the molecule is CC(C)CCC[C@@H](C)C(=O)N(C)C. The average Bonchev–Trinajstić information content (AvgIpc) is 2.02. The van der Waals surface area contributed by atoms with Gasteiger partial charge in [0, 0.05) is 20.0 Å². The lowest BCUT2D eigenvalue weighted by Crippen LogP contribution is -2.27. The van der Waals surface area contributed by atoms with Crippen LogP contribution in [0, 0.1) is 11.8 Å². The van der Waals surface area contributed by atoms with Crippen molar-refractivity contribution in [1.82, 2.24) is 4.90 Å². The maximum absolute atomic E-state index is 11.4. The highest BCUT2D eigenvalue weighted by molar-refractivity contribution is 5.77. The number of carbonyl (C=O) groups excluding carboxylic acids is 1. The molecule has 0 aliphatic carbocycles. The van der Waals surface area contributed by atoms with Gasteiger partial charge in [-0.3, -0.25) is 4.79 Å². The normalized spacial score (nSPS) is 13.1. The molecule has 0 aromatic carbocycles. The van der Waals surface area contributed by atoms with Crippen LogP contribution in [-0.2, 0) is 4.79 Å². The number of rotatable bonds is 5. The van der Waals surface area contributed by atoms with E-state index < -0.39 is 0 Å². The van der Waals surface area contributed by atoms with Crippen molar-refractivity contribution in [3.05, 3.63) is 0 Å². The van der Waals surface area contributed by atoms with Gasteiger partial charge in [0.05, 0.1) is 0 Å². The minimum Gasteiger partial charge on any atom is -0.349 e. The Balaban J connectivity index is 3.62. The average molecular weight is 185 g/mol. The second-order valence-corrected chi connectivity index (χ2v) is 4.46. The van der Waals surface area contributed by atoms with Crippen LogP contribution in [0.3, 0.4) is 0 Å². The number of amides is 1. The van der Waals surface area contributed by atoms with E-state index in [1.807, 2.05) is 21.0 Å². The minimum atomic E-state index is 0.189. The van der Waals surface area contributed by atoms with E-state index in [0.29, 0.717) is 0 Å². The number of carbonyl (C=O) groups is 1. The molecule has 0 saturated heterocycles. The Hall–Kier alpha value is -0.530. The van der Waals surface area contributed by atoms with E-state index in [9.17, 15) is 4.79 Å². The van der Waals surface area contributed by atoms with Crippen molar-refractivity contribution in [2.75, 3.05) is 14.1 Å². The van der Waals surface area contributed by atoms with Crippen molar-refractivity contribution in [3.63, 3.8) is 0 Å². The molecule has 1 amide bonds. The minimum absolute atomic E-state index is 0.189. The standard InChI is InChI=1S/C11H23NO/c1-9(2)7-6-8-10(3)11(13)12(4)5/h9-10H,6-8H2,1-5H3/t10-/m1/s1. The van der Waals surface area contributed by atoms with Gasteiger partial charge in [-0.1, -0.05) is 33.6 Å². The molecule has 1 atom stereocenters. The summed E-state index contributed by atoms with van der Waals surface area (Å²) < 4.78 is 0. The van der Waals surface area contributed by atoms with E-state index in [0.717, 1.165) is 12.3 Å². The predicted molar refractivity (Wildman–Crippen MR) is 56.5 cm³/mol. The molecule has 0 fully saturated rings. The van der Waals surface area contributed by atoms with Crippen LogP contribution in [0.25, 0.3) is 0 Å². The molecule has 0 aliphatic rings. The second kappa shape index (κ2) is 6.01. The van der Waals surface area contributed by atoms with Gasteiger partial charge >= 0.3 is 0 Å². The Morgan fingerprint density at radius 1 is 1.15 bits per heavy atom. The van der Waals surface area contributed by atoms with E-state index in [4.69, 9.17) is 0 Å². The fourth-order valence-electron chi connectivity index (χ4n) is 1.40. The van der Waals surface area contributed by atoms with Gasteiger partial charge in [-0.15, -0.1) is 0 Å². The molecule has 2 nitrogen and oxygen atoms in total. The van der Waals surface area contributed by atoms with Gasteiger partial charge in [0.1, 0.15) is 0 Å². The summed E-state index contributed by atoms with van der Waals surface area (Å²) in [6, 6.07) is 0. The molecular weight excluding hydrogens is 162 g/mol. The van der Waals surface area contributed by atoms with Crippen LogP contribution in [0.15, 0.2) is 0 Å². The highest BCUT2D eigenvalue weighted by Gasteiger charge is 2.13. The summed E-state index contributed by atoms with van der Waals surface area (Å²) in [6.07, 6.45) is 3.42. The van der Waals surface area contributed by atoms with Crippen LogP contribution in [0.4, 0.5) is 0 Å².